The molecule has 0 saturated heterocycles. The molecule has 0 unspecified atom stereocenters. The molecule has 5 nitrogen and oxygen atoms in total. The molecule has 1 aromatic rings. The average Bonchev–Trinajstić information content (AvgIpc) is 2.11. The molecule has 0 saturated carbocycles. The van der Waals surface area contributed by atoms with Crippen LogP contribution in [0, 0.1) is 11.6 Å². The van der Waals surface area contributed by atoms with Crippen LogP contribution in [0.5, 0.6) is 0 Å². The lowest BCUT2D eigenvalue weighted by molar-refractivity contribution is 0.520. The Morgan fingerprint density at radius 1 is 1.06 bits per heavy atom. The van der Waals surface area contributed by atoms with Gasteiger partial charge in [0.05, 0.1) is 11.5 Å². The van der Waals surface area contributed by atoms with Crippen molar-refractivity contribution in [3.8, 4) is 0 Å². The zero-order valence-electron chi connectivity index (χ0n) is 9.35. The van der Waals surface area contributed by atoms with Gasteiger partial charge in [0, 0.05) is 11.9 Å². The molecule has 0 radical (unpaired) electrons. The summed E-state index contributed by atoms with van der Waals surface area (Å²) in [4.78, 5) is -1.15. The normalized spacial score (nSPS) is 12.6. The zero-order chi connectivity index (χ0) is 14.1. The SMILES string of the molecule is CS(=O)(=O)CCS(=O)(=O)c1c(F)cc(N)cc1F. The molecular weight excluding hydrogens is 288 g/mol. The van der Waals surface area contributed by atoms with E-state index in [1.807, 2.05) is 0 Å². The fourth-order valence-electron chi connectivity index (χ4n) is 1.24. The second kappa shape index (κ2) is 4.81. The first-order valence-corrected chi connectivity index (χ1v) is 8.39. The summed E-state index contributed by atoms with van der Waals surface area (Å²) in [7, 11) is -7.90. The lowest BCUT2D eigenvalue weighted by Gasteiger charge is -2.07. The standard InChI is InChI=1S/C9H11F2NO4S2/c1-17(13,14)2-3-18(15,16)9-7(10)4-6(12)5-8(9)11/h4-5H,2-3,12H2,1H3. The Hall–Kier alpha value is -1.22. The van der Waals surface area contributed by atoms with Crippen LogP contribution in [0.25, 0.3) is 0 Å². The molecule has 0 spiro atoms. The molecule has 1 rings (SSSR count). The zero-order valence-corrected chi connectivity index (χ0v) is 11.0. The third-order valence-corrected chi connectivity index (χ3v) is 5.01. The summed E-state index contributed by atoms with van der Waals surface area (Å²) in [5.41, 5.74) is 4.89. The van der Waals surface area contributed by atoms with E-state index >= 15 is 0 Å². The molecular formula is C9H11F2NO4S2. The van der Waals surface area contributed by atoms with E-state index in [9.17, 15) is 25.6 Å². The van der Waals surface area contributed by atoms with Crippen LogP contribution < -0.4 is 5.73 Å². The Bertz CT molecular complexity index is 645. The molecule has 0 aliphatic heterocycles. The quantitative estimate of drug-likeness (QED) is 0.810. The van der Waals surface area contributed by atoms with Gasteiger partial charge in [-0.3, -0.25) is 0 Å². The predicted molar refractivity (Wildman–Crippen MR) is 62.5 cm³/mol. The van der Waals surface area contributed by atoms with Gasteiger partial charge in [-0.1, -0.05) is 0 Å². The highest BCUT2D eigenvalue weighted by Crippen LogP contribution is 2.22. The van der Waals surface area contributed by atoms with E-state index in [1.54, 1.807) is 0 Å². The number of anilines is 1. The van der Waals surface area contributed by atoms with E-state index in [-0.39, 0.29) is 5.69 Å². The van der Waals surface area contributed by atoms with Gasteiger partial charge in [0.1, 0.15) is 26.4 Å². The summed E-state index contributed by atoms with van der Waals surface area (Å²) in [6.45, 7) is 0. The predicted octanol–water partition coefficient (Wildman–Crippen LogP) is 0.365. The highest BCUT2D eigenvalue weighted by molar-refractivity contribution is 7.94. The highest BCUT2D eigenvalue weighted by atomic mass is 32.2. The summed E-state index contributed by atoms with van der Waals surface area (Å²) >= 11 is 0. The number of nitrogens with two attached hydrogens (primary N) is 1. The third-order valence-electron chi connectivity index (χ3n) is 2.05. The van der Waals surface area contributed by atoms with Crippen molar-refractivity contribution in [3.05, 3.63) is 23.8 Å². The van der Waals surface area contributed by atoms with Gasteiger partial charge in [0.2, 0.25) is 0 Å². The molecule has 9 heteroatoms. The first-order valence-electron chi connectivity index (χ1n) is 4.68. The van der Waals surface area contributed by atoms with Crippen molar-refractivity contribution >= 4 is 25.4 Å². The van der Waals surface area contributed by atoms with Crippen molar-refractivity contribution in [2.75, 3.05) is 23.5 Å². The van der Waals surface area contributed by atoms with Crippen molar-refractivity contribution in [2.24, 2.45) is 0 Å². The van der Waals surface area contributed by atoms with Gasteiger partial charge in [0.25, 0.3) is 0 Å². The molecule has 1 aromatic carbocycles. The van der Waals surface area contributed by atoms with Crippen molar-refractivity contribution in [3.63, 3.8) is 0 Å². The Morgan fingerprint density at radius 2 is 1.50 bits per heavy atom. The van der Waals surface area contributed by atoms with Crippen molar-refractivity contribution in [2.45, 2.75) is 4.90 Å². The number of hydrogen-bond donors (Lipinski definition) is 1. The third kappa shape index (κ3) is 3.64. The van der Waals surface area contributed by atoms with Crippen LogP contribution in [-0.2, 0) is 19.7 Å². The number of sulfone groups is 2. The van der Waals surface area contributed by atoms with Crippen LogP contribution in [0.4, 0.5) is 14.5 Å². The minimum atomic E-state index is -4.36. The summed E-state index contributed by atoms with van der Waals surface area (Å²) in [5.74, 6) is -4.26. The second-order valence-corrected chi connectivity index (χ2v) is 8.07. The fourth-order valence-corrected chi connectivity index (χ4v) is 4.24. The number of hydrogen-bond acceptors (Lipinski definition) is 5. The molecule has 0 atom stereocenters. The molecule has 0 aliphatic carbocycles. The lowest BCUT2D eigenvalue weighted by Crippen LogP contribution is -2.18. The summed E-state index contributed by atoms with van der Waals surface area (Å²) < 4.78 is 71.8. The molecule has 18 heavy (non-hydrogen) atoms. The number of benzene rings is 1. The van der Waals surface area contributed by atoms with Crippen LogP contribution in [0.3, 0.4) is 0 Å². The smallest absolute Gasteiger partial charge is 0.185 e. The van der Waals surface area contributed by atoms with E-state index in [2.05, 4.69) is 0 Å². The van der Waals surface area contributed by atoms with Gasteiger partial charge in [0.15, 0.2) is 9.84 Å². The Labute approximate surface area is 103 Å². The molecule has 0 aromatic heterocycles. The minimum absolute atomic E-state index is 0.257. The average molecular weight is 299 g/mol. The number of nitrogen functional groups attached to an aromatic ring is 1. The molecule has 0 aliphatic rings. The Kier molecular flexibility index (Phi) is 3.96. The van der Waals surface area contributed by atoms with Crippen molar-refractivity contribution in [1.82, 2.24) is 0 Å². The maximum absolute atomic E-state index is 13.4. The van der Waals surface area contributed by atoms with Crippen LogP contribution in [-0.4, -0.2) is 34.6 Å². The van der Waals surface area contributed by atoms with Crippen LogP contribution in [0.1, 0.15) is 0 Å². The fraction of sp³-hybridized carbons (Fsp3) is 0.333. The molecule has 2 N–H and O–H groups in total. The topological polar surface area (TPSA) is 94.3 Å². The van der Waals surface area contributed by atoms with Crippen LogP contribution in [0.2, 0.25) is 0 Å². The Morgan fingerprint density at radius 3 is 1.89 bits per heavy atom. The lowest BCUT2D eigenvalue weighted by atomic mass is 10.3. The second-order valence-electron chi connectivity index (χ2n) is 3.76. The van der Waals surface area contributed by atoms with Crippen LogP contribution >= 0.6 is 0 Å². The molecule has 0 bridgehead atoms. The molecule has 0 fully saturated rings. The van der Waals surface area contributed by atoms with Gasteiger partial charge in [-0.15, -0.1) is 0 Å². The monoisotopic (exact) mass is 299 g/mol. The largest absolute Gasteiger partial charge is 0.399 e. The maximum atomic E-state index is 13.4. The Balaban J connectivity index is 3.22. The van der Waals surface area contributed by atoms with Gasteiger partial charge in [-0.25, -0.2) is 25.6 Å². The first-order chi connectivity index (χ1) is 8.03. The summed E-state index contributed by atoms with van der Waals surface area (Å²) in [5, 5.41) is 0. The molecule has 0 heterocycles. The van der Waals surface area contributed by atoms with E-state index in [0.717, 1.165) is 6.26 Å². The number of halogens is 2. The first kappa shape index (κ1) is 14.8. The summed E-state index contributed by atoms with van der Waals surface area (Å²) in [6, 6.07) is 1.33. The maximum Gasteiger partial charge on any atom is 0.185 e. The van der Waals surface area contributed by atoms with Gasteiger partial charge < -0.3 is 5.73 Å². The van der Waals surface area contributed by atoms with E-state index < -0.39 is 47.7 Å². The highest BCUT2D eigenvalue weighted by Gasteiger charge is 2.25. The van der Waals surface area contributed by atoms with Crippen molar-refractivity contribution in [1.29, 1.82) is 0 Å². The summed E-state index contributed by atoms with van der Waals surface area (Å²) in [6.07, 6.45) is 0.832. The number of rotatable bonds is 4. The van der Waals surface area contributed by atoms with E-state index in [0.29, 0.717) is 12.1 Å². The van der Waals surface area contributed by atoms with Crippen molar-refractivity contribution < 1.29 is 25.6 Å². The minimum Gasteiger partial charge on any atom is -0.399 e. The van der Waals surface area contributed by atoms with Crippen LogP contribution in [0.15, 0.2) is 17.0 Å². The molecule has 0 amide bonds. The van der Waals surface area contributed by atoms with E-state index in [1.165, 1.54) is 0 Å². The van der Waals surface area contributed by atoms with Gasteiger partial charge in [-0.05, 0) is 12.1 Å². The van der Waals surface area contributed by atoms with E-state index in [4.69, 9.17) is 5.73 Å². The van der Waals surface area contributed by atoms with Gasteiger partial charge >= 0.3 is 0 Å². The van der Waals surface area contributed by atoms with Gasteiger partial charge in [-0.2, -0.15) is 0 Å². The molecule has 102 valence electrons.